The Balaban J connectivity index is 0.000000239. The maximum Gasteiger partial charge on any atom is 0.159 e. The number of allylic oxidation sites excluding steroid dienone is 1. The van der Waals surface area contributed by atoms with Gasteiger partial charge in [0.2, 0.25) is 0 Å². The van der Waals surface area contributed by atoms with Gasteiger partial charge in [-0.3, -0.25) is 4.79 Å². The third-order valence-electron chi connectivity index (χ3n) is 5.34. The fourth-order valence-corrected chi connectivity index (χ4v) is 3.65. The summed E-state index contributed by atoms with van der Waals surface area (Å²) in [5.74, 6) is 0.121. The largest absolute Gasteiger partial charge is 0.401 e. The van der Waals surface area contributed by atoms with E-state index in [-0.39, 0.29) is 11.9 Å². The molecule has 0 aromatic heterocycles. The van der Waals surface area contributed by atoms with Gasteiger partial charge in [-0.05, 0) is 48.6 Å². The van der Waals surface area contributed by atoms with Crippen molar-refractivity contribution in [1.82, 2.24) is 5.32 Å². The second-order valence-electron chi connectivity index (χ2n) is 7.51. The first-order valence-corrected chi connectivity index (χ1v) is 10.4. The van der Waals surface area contributed by atoms with Crippen molar-refractivity contribution in [2.45, 2.75) is 38.8 Å². The molecule has 0 heterocycles. The number of hydrogen-bond acceptors (Lipinski definition) is 4. The van der Waals surface area contributed by atoms with E-state index in [1.165, 1.54) is 16.3 Å². The highest BCUT2D eigenvalue weighted by atomic mass is 16.5. The summed E-state index contributed by atoms with van der Waals surface area (Å²) >= 11 is 0. The standard InChI is InChI=1S/C18H22N2O.C8H8O/c1-21-17-8-4-7-16(19)18(17)20-12-13-9-10-14-5-2-3-6-15(14)11-13;1-7(9)8-5-3-2-4-6-8/h2-3,5-6,9-11,17,20H,4,7-8,12,19H2,1H3;2-6H,1H3. The van der Waals surface area contributed by atoms with E-state index >= 15 is 0 Å². The molecule has 0 saturated carbocycles. The topological polar surface area (TPSA) is 64.3 Å². The molecule has 0 saturated heterocycles. The summed E-state index contributed by atoms with van der Waals surface area (Å²) in [6, 6.07) is 24.2. The molecule has 0 spiro atoms. The van der Waals surface area contributed by atoms with Gasteiger partial charge in [-0.2, -0.15) is 0 Å². The van der Waals surface area contributed by atoms with E-state index in [2.05, 4.69) is 47.8 Å². The SMILES string of the molecule is CC(=O)c1ccccc1.COC1CCCC(N)=C1NCc1ccc2ccccc2c1. The molecule has 1 aliphatic rings. The van der Waals surface area contributed by atoms with Crippen LogP contribution in [0, 0.1) is 0 Å². The molecule has 1 atom stereocenters. The number of nitrogens with two attached hydrogens (primary N) is 1. The number of ketones is 1. The molecule has 1 aliphatic carbocycles. The highest BCUT2D eigenvalue weighted by Gasteiger charge is 2.21. The Hall–Kier alpha value is -3.11. The third-order valence-corrected chi connectivity index (χ3v) is 5.34. The summed E-state index contributed by atoms with van der Waals surface area (Å²) in [6.45, 7) is 2.34. The van der Waals surface area contributed by atoms with E-state index in [0.717, 1.165) is 42.8 Å². The molecule has 0 bridgehead atoms. The van der Waals surface area contributed by atoms with E-state index in [9.17, 15) is 4.79 Å². The normalized spacial score (nSPS) is 16.0. The van der Waals surface area contributed by atoms with Crippen molar-refractivity contribution in [3.05, 3.63) is 95.3 Å². The molecule has 156 valence electrons. The molecule has 4 nitrogen and oxygen atoms in total. The van der Waals surface area contributed by atoms with Gasteiger partial charge in [-0.15, -0.1) is 0 Å². The number of hydrogen-bond donors (Lipinski definition) is 2. The molecule has 0 aliphatic heterocycles. The lowest BCUT2D eigenvalue weighted by Crippen LogP contribution is -2.32. The minimum absolute atomic E-state index is 0.110. The van der Waals surface area contributed by atoms with Crippen LogP contribution in [0.5, 0.6) is 0 Å². The van der Waals surface area contributed by atoms with E-state index in [0.29, 0.717) is 0 Å². The molecule has 3 N–H and O–H groups in total. The number of fused-ring (bicyclic) bond motifs is 1. The highest BCUT2D eigenvalue weighted by molar-refractivity contribution is 5.93. The Morgan fingerprint density at radius 1 is 1.03 bits per heavy atom. The summed E-state index contributed by atoms with van der Waals surface area (Å²) in [7, 11) is 1.75. The summed E-state index contributed by atoms with van der Waals surface area (Å²) in [5.41, 5.74) is 10.2. The van der Waals surface area contributed by atoms with E-state index in [1.807, 2.05) is 30.3 Å². The van der Waals surface area contributed by atoms with Gasteiger partial charge >= 0.3 is 0 Å². The Morgan fingerprint density at radius 3 is 2.40 bits per heavy atom. The Morgan fingerprint density at radius 2 is 1.73 bits per heavy atom. The Bertz CT molecular complexity index is 1010. The lowest BCUT2D eigenvalue weighted by Gasteiger charge is -2.27. The van der Waals surface area contributed by atoms with Crippen molar-refractivity contribution in [3.63, 3.8) is 0 Å². The molecule has 3 aromatic carbocycles. The number of benzene rings is 3. The van der Waals surface area contributed by atoms with E-state index < -0.39 is 0 Å². The van der Waals surface area contributed by atoms with Gasteiger partial charge < -0.3 is 15.8 Å². The zero-order chi connectivity index (χ0) is 21.3. The van der Waals surface area contributed by atoms with Gasteiger partial charge in [0.1, 0.15) is 0 Å². The van der Waals surface area contributed by atoms with Crippen LogP contribution in [-0.4, -0.2) is 19.0 Å². The average molecular weight is 403 g/mol. The van der Waals surface area contributed by atoms with Crippen LogP contribution >= 0.6 is 0 Å². The minimum atomic E-state index is 0.110. The lowest BCUT2D eigenvalue weighted by atomic mass is 9.98. The Kier molecular flexibility index (Phi) is 7.63. The van der Waals surface area contributed by atoms with Crippen molar-refractivity contribution < 1.29 is 9.53 Å². The van der Waals surface area contributed by atoms with Crippen molar-refractivity contribution in [1.29, 1.82) is 0 Å². The van der Waals surface area contributed by atoms with Crippen LogP contribution in [0.25, 0.3) is 10.8 Å². The van der Waals surface area contributed by atoms with Crippen LogP contribution in [0.15, 0.2) is 84.2 Å². The highest BCUT2D eigenvalue weighted by Crippen LogP contribution is 2.23. The summed E-state index contributed by atoms with van der Waals surface area (Å²) in [4.78, 5) is 10.6. The smallest absolute Gasteiger partial charge is 0.159 e. The average Bonchev–Trinajstić information content (AvgIpc) is 2.79. The molecule has 3 aromatic rings. The zero-order valence-electron chi connectivity index (χ0n) is 17.7. The van der Waals surface area contributed by atoms with Gasteiger partial charge in [0.05, 0.1) is 11.8 Å². The minimum Gasteiger partial charge on any atom is -0.401 e. The Labute approximate surface area is 178 Å². The molecular formula is C26H30N2O2. The van der Waals surface area contributed by atoms with Crippen LogP contribution in [0.4, 0.5) is 0 Å². The fraction of sp³-hybridized carbons (Fsp3) is 0.269. The van der Waals surface area contributed by atoms with Crippen molar-refractivity contribution >= 4 is 16.6 Å². The first-order chi connectivity index (χ1) is 14.6. The molecular weight excluding hydrogens is 372 g/mol. The van der Waals surface area contributed by atoms with Crippen molar-refractivity contribution in [2.24, 2.45) is 5.73 Å². The van der Waals surface area contributed by atoms with Gasteiger partial charge in [0.15, 0.2) is 5.78 Å². The van der Waals surface area contributed by atoms with Crippen LogP contribution in [0.2, 0.25) is 0 Å². The van der Waals surface area contributed by atoms with Gasteiger partial charge in [-0.1, -0.05) is 66.7 Å². The molecule has 0 amide bonds. The van der Waals surface area contributed by atoms with Gasteiger partial charge in [-0.25, -0.2) is 0 Å². The predicted molar refractivity (Wildman–Crippen MR) is 123 cm³/mol. The third kappa shape index (κ3) is 5.71. The fourth-order valence-electron chi connectivity index (χ4n) is 3.65. The maximum atomic E-state index is 10.6. The molecule has 4 heteroatoms. The predicted octanol–water partition coefficient (Wildman–Crippen LogP) is 5.19. The van der Waals surface area contributed by atoms with Crippen molar-refractivity contribution in [3.8, 4) is 0 Å². The number of carbonyl (C=O) groups is 1. The quantitative estimate of drug-likeness (QED) is 0.577. The molecule has 4 rings (SSSR count). The second-order valence-corrected chi connectivity index (χ2v) is 7.51. The molecule has 30 heavy (non-hydrogen) atoms. The first kappa shape index (κ1) is 21.6. The van der Waals surface area contributed by atoms with E-state index in [1.54, 1.807) is 14.0 Å². The monoisotopic (exact) mass is 402 g/mol. The van der Waals surface area contributed by atoms with E-state index in [4.69, 9.17) is 10.5 Å². The number of rotatable bonds is 5. The van der Waals surface area contributed by atoms with Crippen LogP contribution < -0.4 is 11.1 Å². The number of Topliss-reactive ketones (excluding diaryl/α,β-unsaturated/α-hetero) is 1. The van der Waals surface area contributed by atoms with Gasteiger partial charge in [0.25, 0.3) is 0 Å². The van der Waals surface area contributed by atoms with Gasteiger partial charge in [0, 0.05) is 24.9 Å². The zero-order valence-corrected chi connectivity index (χ0v) is 17.7. The number of carbonyl (C=O) groups excluding carboxylic acids is 1. The van der Waals surface area contributed by atoms with Crippen LogP contribution in [0.1, 0.15) is 42.1 Å². The summed E-state index contributed by atoms with van der Waals surface area (Å²) < 4.78 is 5.53. The lowest BCUT2D eigenvalue weighted by molar-refractivity contribution is 0.101. The number of methoxy groups -OCH3 is 1. The maximum absolute atomic E-state index is 10.6. The number of nitrogens with one attached hydrogen (secondary N) is 1. The summed E-state index contributed by atoms with van der Waals surface area (Å²) in [5, 5.41) is 6.02. The van der Waals surface area contributed by atoms with Crippen molar-refractivity contribution in [2.75, 3.05) is 7.11 Å². The first-order valence-electron chi connectivity index (χ1n) is 10.4. The molecule has 0 fully saturated rings. The molecule has 1 unspecified atom stereocenters. The molecule has 0 radical (unpaired) electrons. The number of ether oxygens (including phenoxy) is 1. The van der Waals surface area contributed by atoms with Crippen LogP contribution in [0.3, 0.4) is 0 Å². The summed E-state index contributed by atoms with van der Waals surface area (Å²) in [6.07, 6.45) is 3.21. The second kappa shape index (κ2) is 10.6. The van der Waals surface area contributed by atoms with Crippen LogP contribution in [-0.2, 0) is 11.3 Å².